The molecule has 1 aromatic rings. The number of rotatable bonds is 3. The third kappa shape index (κ3) is 2.86. The molecule has 0 atom stereocenters. The molecule has 0 radical (unpaired) electrons. The number of carboxylic acids is 1. The Morgan fingerprint density at radius 1 is 1.54 bits per heavy atom. The van der Waals surface area contributed by atoms with Crippen LogP contribution in [0.3, 0.4) is 0 Å². The average molecular weight is 181 g/mol. The molecule has 68 valence electrons. The van der Waals surface area contributed by atoms with Crippen molar-refractivity contribution in [1.82, 2.24) is 15.5 Å². The predicted octanol–water partition coefficient (Wildman–Crippen LogP) is -0.709. The van der Waals surface area contributed by atoms with Gasteiger partial charge in [-0.1, -0.05) is 0 Å². The summed E-state index contributed by atoms with van der Waals surface area (Å²) in [5.41, 5.74) is 0.101. The van der Waals surface area contributed by atoms with Gasteiger partial charge in [0.1, 0.15) is 6.54 Å². The fourth-order valence-electron chi connectivity index (χ4n) is 0.669. The lowest BCUT2D eigenvalue weighted by Gasteiger charge is -1.98. The summed E-state index contributed by atoms with van der Waals surface area (Å²) >= 11 is 0. The van der Waals surface area contributed by atoms with Gasteiger partial charge in [-0.25, -0.2) is 0 Å². The maximum absolute atomic E-state index is 11.1. The standard InChI is InChI=1S/C7H7N3O3/c11-6(12)4-8-7(13)5-2-1-3-9-10-5/h1-3H,4H2,(H,8,13)(H,11,12). The first-order valence-corrected chi connectivity index (χ1v) is 3.48. The number of nitrogens with zero attached hydrogens (tertiary/aromatic N) is 2. The van der Waals surface area contributed by atoms with Gasteiger partial charge in [-0.2, -0.15) is 5.10 Å². The second kappa shape index (κ2) is 4.15. The summed E-state index contributed by atoms with van der Waals surface area (Å²) in [6.45, 7) is -0.421. The van der Waals surface area contributed by atoms with Crippen LogP contribution in [0.15, 0.2) is 18.3 Å². The minimum atomic E-state index is -1.10. The van der Waals surface area contributed by atoms with Crippen LogP contribution in [0.5, 0.6) is 0 Å². The lowest BCUT2D eigenvalue weighted by molar-refractivity contribution is -0.135. The highest BCUT2D eigenvalue weighted by Crippen LogP contribution is 1.89. The summed E-state index contributed by atoms with van der Waals surface area (Å²) < 4.78 is 0. The molecule has 1 rings (SSSR count). The van der Waals surface area contributed by atoms with Crippen molar-refractivity contribution < 1.29 is 14.7 Å². The molecule has 0 aliphatic carbocycles. The second-order valence-corrected chi connectivity index (χ2v) is 2.19. The van der Waals surface area contributed by atoms with Crippen LogP contribution in [0.25, 0.3) is 0 Å². The zero-order valence-corrected chi connectivity index (χ0v) is 6.60. The smallest absolute Gasteiger partial charge is 0.322 e. The minimum Gasteiger partial charge on any atom is -0.480 e. The van der Waals surface area contributed by atoms with E-state index in [1.807, 2.05) is 0 Å². The summed E-state index contributed by atoms with van der Waals surface area (Å²) in [5.74, 6) is -1.65. The van der Waals surface area contributed by atoms with Crippen LogP contribution >= 0.6 is 0 Å². The molecular weight excluding hydrogens is 174 g/mol. The Kier molecular flexibility index (Phi) is 2.91. The Labute approximate surface area is 73.6 Å². The number of aromatic nitrogens is 2. The Balaban J connectivity index is 2.54. The summed E-state index contributed by atoms with van der Waals surface area (Å²) in [4.78, 5) is 21.2. The number of carboxylic acid groups (broad SMARTS) is 1. The molecule has 0 unspecified atom stereocenters. The van der Waals surface area contributed by atoms with Gasteiger partial charge in [-0.3, -0.25) is 9.59 Å². The van der Waals surface area contributed by atoms with Crippen molar-refractivity contribution in [3.8, 4) is 0 Å². The first-order chi connectivity index (χ1) is 6.20. The van der Waals surface area contributed by atoms with Crippen molar-refractivity contribution in [2.75, 3.05) is 6.54 Å². The van der Waals surface area contributed by atoms with Crippen molar-refractivity contribution in [3.05, 3.63) is 24.0 Å². The number of carbonyl (C=O) groups is 2. The molecule has 0 bridgehead atoms. The molecule has 1 amide bonds. The van der Waals surface area contributed by atoms with E-state index < -0.39 is 18.4 Å². The number of hydrogen-bond donors (Lipinski definition) is 2. The average Bonchev–Trinajstić information content (AvgIpc) is 2.15. The number of nitrogens with one attached hydrogen (secondary N) is 1. The van der Waals surface area contributed by atoms with Gasteiger partial charge in [0.25, 0.3) is 5.91 Å². The molecule has 13 heavy (non-hydrogen) atoms. The number of amides is 1. The van der Waals surface area contributed by atoms with E-state index in [-0.39, 0.29) is 5.69 Å². The highest BCUT2D eigenvalue weighted by Gasteiger charge is 2.07. The van der Waals surface area contributed by atoms with Crippen LogP contribution in [0, 0.1) is 0 Å². The van der Waals surface area contributed by atoms with E-state index >= 15 is 0 Å². The van der Waals surface area contributed by atoms with E-state index in [1.54, 1.807) is 6.07 Å². The molecule has 0 aromatic carbocycles. The molecule has 6 heteroatoms. The van der Waals surface area contributed by atoms with Crippen LogP contribution in [0.1, 0.15) is 10.5 Å². The Bertz CT molecular complexity index is 312. The first-order valence-electron chi connectivity index (χ1n) is 3.48. The van der Waals surface area contributed by atoms with Crippen LogP contribution in [0.4, 0.5) is 0 Å². The first kappa shape index (κ1) is 9.11. The van der Waals surface area contributed by atoms with Crippen LogP contribution in [-0.4, -0.2) is 33.7 Å². The van der Waals surface area contributed by atoms with E-state index in [4.69, 9.17) is 5.11 Å². The van der Waals surface area contributed by atoms with Gasteiger partial charge in [-0.15, -0.1) is 5.10 Å². The molecule has 0 saturated carbocycles. The molecular formula is C7H7N3O3. The number of aliphatic carboxylic acids is 1. The molecule has 6 nitrogen and oxygen atoms in total. The zero-order chi connectivity index (χ0) is 9.68. The lowest BCUT2D eigenvalue weighted by atomic mass is 10.4. The van der Waals surface area contributed by atoms with E-state index in [0.717, 1.165) is 0 Å². The maximum atomic E-state index is 11.1. The lowest BCUT2D eigenvalue weighted by Crippen LogP contribution is -2.29. The van der Waals surface area contributed by atoms with Gasteiger partial charge in [0.15, 0.2) is 5.69 Å². The largest absolute Gasteiger partial charge is 0.480 e. The fourth-order valence-corrected chi connectivity index (χ4v) is 0.669. The summed E-state index contributed by atoms with van der Waals surface area (Å²) in [6, 6.07) is 2.99. The molecule has 1 aromatic heterocycles. The molecule has 0 saturated heterocycles. The topological polar surface area (TPSA) is 92.2 Å². The van der Waals surface area contributed by atoms with Crippen molar-refractivity contribution in [2.45, 2.75) is 0 Å². The molecule has 0 spiro atoms. The van der Waals surface area contributed by atoms with Crippen molar-refractivity contribution in [1.29, 1.82) is 0 Å². The molecule has 1 heterocycles. The molecule has 0 aliphatic rings. The third-order valence-corrected chi connectivity index (χ3v) is 1.21. The fraction of sp³-hybridized carbons (Fsp3) is 0.143. The highest BCUT2D eigenvalue weighted by atomic mass is 16.4. The minimum absolute atomic E-state index is 0.101. The van der Waals surface area contributed by atoms with Crippen molar-refractivity contribution in [2.24, 2.45) is 0 Å². The quantitative estimate of drug-likeness (QED) is 0.642. The van der Waals surface area contributed by atoms with E-state index in [0.29, 0.717) is 0 Å². The van der Waals surface area contributed by atoms with Gasteiger partial charge in [0.05, 0.1) is 0 Å². The van der Waals surface area contributed by atoms with Gasteiger partial charge in [0, 0.05) is 6.20 Å². The zero-order valence-electron chi connectivity index (χ0n) is 6.60. The molecule has 0 fully saturated rings. The number of carbonyl (C=O) groups excluding carboxylic acids is 1. The van der Waals surface area contributed by atoms with Crippen LogP contribution in [-0.2, 0) is 4.79 Å². The third-order valence-electron chi connectivity index (χ3n) is 1.21. The van der Waals surface area contributed by atoms with E-state index in [9.17, 15) is 9.59 Å². The van der Waals surface area contributed by atoms with Gasteiger partial charge >= 0.3 is 5.97 Å². The monoisotopic (exact) mass is 181 g/mol. The maximum Gasteiger partial charge on any atom is 0.322 e. The SMILES string of the molecule is O=C(O)CNC(=O)c1cccnn1. The normalized spacial score (nSPS) is 9.23. The molecule has 2 N–H and O–H groups in total. The second-order valence-electron chi connectivity index (χ2n) is 2.19. The predicted molar refractivity (Wildman–Crippen MR) is 42.0 cm³/mol. The van der Waals surface area contributed by atoms with Gasteiger partial charge < -0.3 is 10.4 Å². The Morgan fingerprint density at radius 3 is 2.85 bits per heavy atom. The molecule has 0 aliphatic heterocycles. The number of hydrogen-bond acceptors (Lipinski definition) is 4. The van der Waals surface area contributed by atoms with Gasteiger partial charge in [-0.05, 0) is 12.1 Å². The Hall–Kier alpha value is -1.98. The van der Waals surface area contributed by atoms with Gasteiger partial charge in [0.2, 0.25) is 0 Å². The van der Waals surface area contributed by atoms with Crippen LogP contribution < -0.4 is 5.32 Å². The van der Waals surface area contributed by atoms with E-state index in [2.05, 4.69) is 15.5 Å². The van der Waals surface area contributed by atoms with Crippen molar-refractivity contribution >= 4 is 11.9 Å². The summed E-state index contributed by atoms with van der Waals surface area (Å²) in [7, 11) is 0. The van der Waals surface area contributed by atoms with Crippen LogP contribution in [0.2, 0.25) is 0 Å². The Morgan fingerprint density at radius 2 is 2.31 bits per heavy atom. The van der Waals surface area contributed by atoms with E-state index in [1.165, 1.54) is 12.3 Å². The highest BCUT2D eigenvalue weighted by molar-refractivity contribution is 5.93. The van der Waals surface area contributed by atoms with Crippen molar-refractivity contribution in [3.63, 3.8) is 0 Å². The summed E-state index contributed by atoms with van der Waals surface area (Å²) in [6.07, 6.45) is 1.42. The summed E-state index contributed by atoms with van der Waals surface area (Å²) in [5, 5.41) is 17.4.